The van der Waals surface area contributed by atoms with E-state index in [1.54, 1.807) is 7.11 Å². The van der Waals surface area contributed by atoms with Gasteiger partial charge < -0.3 is 19.5 Å². The Morgan fingerprint density at radius 3 is 2.39 bits per heavy atom. The Morgan fingerprint density at radius 1 is 0.750 bits per heavy atom. The van der Waals surface area contributed by atoms with Crippen molar-refractivity contribution in [3.05, 3.63) is 125 Å². The van der Waals surface area contributed by atoms with Crippen LogP contribution in [0.5, 0.6) is 17.2 Å². The molecule has 0 bridgehead atoms. The van der Waals surface area contributed by atoms with Crippen LogP contribution in [0.2, 0.25) is 0 Å². The molecule has 1 N–H and O–H groups in total. The van der Waals surface area contributed by atoms with Gasteiger partial charge in [0.2, 0.25) is 0 Å². The number of fused-ring (bicyclic) bond motifs is 8. The highest BCUT2D eigenvalue weighted by atomic mass is 16.6. The van der Waals surface area contributed by atoms with E-state index < -0.39 is 5.60 Å². The predicted octanol–water partition coefficient (Wildman–Crippen LogP) is 7.16. The molecule has 5 nitrogen and oxygen atoms in total. The monoisotopic (exact) mass is 471 g/mol. The molecule has 0 aromatic heterocycles. The minimum absolute atomic E-state index is 0.335. The van der Waals surface area contributed by atoms with Gasteiger partial charge in [0.05, 0.1) is 18.2 Å². The molecule has 5 aromatic carbocycles. The highest BCUT2D eigenvalue weighted by Gasteiger charge is 2.54. The molecule has 0 saturated carbocycles. The fourth-order valence-corrected chi connectivity index (χ4v) is 5.37. The predicted molar refractivity (Wildman–Crippen MR) is 138 cm³/mol. The fourth-order valence-electron chi connectivity index (χ4n) is 5.37. The summed E-state index contributed by atoms with van der Waals surface area (Å²) in [6, 6.07) is 33.4. The first-order chi connectivity index (χ1) is 17.7. The Labute approximate surface area is 207 Å². The molecule has 0 amide bonds. The van der Waals surface area contributed by atoms with E-state index in [1.807, 2.05) is 91.0 Å². The lowest BCUT2D eigenvalue weighted by molar-refractivity contribution is 0.0229. The second kappa shape index (κ2) is 7.62. The van der Waals surface area contributed by atoms with Gasteiger partial charge in [-0.25, -0.2) is 4.79 Å². The Balaban J connectivity index is 1.44. The third-order valence-electron chi connectivity index (χ3n) is 6.97. The van der Waals surface area contributed by atoms with Gasteiger partial charge in [-0.15, -0.1) is 0 Å². The fraction of sp³-hybridized carbons (Fsp3) is 0.0645. The molecule has 2 aliphatic heterocycles. The van der Waals surface area contributed by atoms with Crippen LogP contribution in [0.4, 0.5) is 11.4 Å². The molecule has 7 rings (SSSR count). The van der Waals surface area contributed by atoms with E-state index in [2.05, 4.69) is 17.4 Å². The summed E-state index contributed by atoms with van der Waals surface area (Å²) in [5.41, 5.74) is 3.72. The molecule has 1 spiro atoms. The van der Waals surface area contributed by atoms with Gasteiger partial charge in [-0.05, 0) is 59.3 Å². The molecule has 1 unspecified atom stereocenters. The van der Waals surface area contributed by atoms with Crippen LogP contribution in [-0.2, 0) is 10.3 Å². The van der Waals surface area contributed by atoms with Gasteiger partial charge in [0.1, 0.15) is 17.2 Å². The second-order valence-corrected chi connectivity index (χ2v) is 8.94. The van der Waals surface area contributed by atoms with Crippen molar-refractivity contribution in [2.24, 2.45) is 0 Å². The van der Waals surface area contributed by atoms with Crippen molar-refractivity contribution in [2.45, 2.75) is 5.60 Å². The van der Waals surface area contributed by atoms with Gasteiger partial charge in [0, 0.05) is 28.6 Å². The first-order valence-electron chi connectivity index (χ1n) is 11.8. The molecule has 0 saturated heterocycles. The number of benzene rings is 5. The second-order valence-electron chi connectivity index (χ2n) is 8.94. The van der Waals surface area contributed by atoms with Crippen molar-refractivity contribution in [2.75, 3.05) is 12.4 Å². The number of carbonyl (C=O) groups is 1. The number of carbonyl (C=O) groups excluding carboxylic acids is 1. The van der Waals surface area contributed by atoms with Gasteiger partial charge >= 0.3 is 5.97 Å². The largest absolute Gasteiger partial charge is 0.497 e. The summed E-state index contributed by atoms with van der Waals surface area (Å²) in [5.74, 6) is 1.77. The normalized spacial score (nSPS) is 17.1. The lowest BCUT2D eigenvalue weighted by atomic mass is 9.76. The average molecular weight is 472 g/mol. The van der Waals surface area contributed by atoms with Crippen LogP contribution in [-0.4, -0.2) is 13.1 Å². The van der Waals surface area contributed by atoms with Crippen molar-refractivity contribution >= 4 is 28.1 Å². The van der Waals surface area contributed by atoms with Crippen LogP contribution in [0.15, 0.2) is 103 Å². The Morgan fingerprint density at radius 2 is 1.53 bits per heavy atom. The van der Waals surface area contributed by atoms with Crippen molar-refractivity contribution in [3.8, 4) is 17.2 Å². The molecule has 0 fully saturated rings. The van der Waals surface area contributed by atoms with E-state index in [0.717, 1.165) is 44.6 Å². The summed E-state index contributed by atoms with van der Waals surface area (Å²) < 4.78 is 18.1. The lowest BCUT2D eigenvalue weighted by Gasteiger charge is -2.37. The number of hydrogen-bond donors (Lipinski definition) is 1. The Kier molecular flexibility index (Phi) is 4.36. The molecule has 5 heteroatoms. The smallest absolute Gasteiger partial charge is 0.340 e. The van der Waals surface area contributed by atoms with Crippen LogP contribution in [0.25, 0.3) is 10.8 Å². The van der Waals surface area contributed by atoms with Crippen LogP contribution < -0.4 is 14.8 Å². The standard InChI is InChI=1S/C31H21NO4/c1-34-22-14-11-20(12-15-22)32-21-13-16-26-28(18-21)35-27-17-10-19-6-2-3-7-23(19)29(27)31(26)25-9-5-4-8-24(25)30(33)36-31/h2-18,32H,1H3. The number of rotatable bonds is 3. The number of nitrogens with one attached hydrogen (secondary N) is 1. The summed E-state index contributed by atoms with van der Waals surface area (Å²) in [7, 11) is 1.65. The van der Waals surface area contributed by atoms with E-state index in [0.29, 0.717) is 17.1 Å². The van der Waals surface area contributed by atoms with E-state index in [9.17, 15) is 4.79 Å². The molecular formula is C31H21NO4. The van der Waals surface area contributed by atoms with Gasteiger partial charge in [-0.2, -0.15) is 0 Å². The molecule has 0 radical (unpaired) electrons. The molecular weight excluding hydrogens is 450 g/mol. The van der Waals surface area contributed by atoms with Crippen molar-refractivity contribution in [1.82, 2.24) is 0 Å². The minimum Gasteiger partial charge on any atom is -0.497 e. The first-order valence-corrected chi connectivity index (χ1v) is 11.8. The number of methoxy groups -OCH3 is 1. The zero-order chi connectivity index (χ0) is 24.3. The molecule has 5 aromatic rings. The van der Waals surface area contributed by atoms with Gasteiger partial charge in [0.25, 0.3) is 0 Å². The summed E-state index contributed by atoms with van der Waals surface area (Å²) in [6.45, 7) is 0. The van der Waals surface area contributed by atoms with Gasteiger partial charge in [-0.1, -0.05) is 48.5 Å². The Bertz CT molecular complexity index is 1670. The summed E-state index contributed by atoms with van der Waals surface area (Å²) in [4.78, 5) is 13.2. The van der Waals surface area contributed by atoms with Crippen LogP contribution in [0.3, 0.4) is 0 Å². The zero-order valence-corrected chi connectivity index (χ0v) is 19.4. The van der Waals surface area contributed by atoms with Crippen LogP contribution in [0, 0.1) is 0 Å². The van der Waals surface area contributed by atoms with E-state index >= 15 is 0 Å². The highest BCUT2D eigenvalue weighted by Crippen LogP contribution is 2.58. The third kappa shape index (κ3) is 2.86. The maximum atomic E-state index is 13.2. The molecule has 0 aliphatic carbocycles. The van der Waals surface area contributed by atoms with Crippen molar-refractivity contribution in [3.63, 3.8) is 0 Å². The summed E-state index contributed by atoms with van der Waals surface area (Å²) in [5, 5.41) is 5.47. The van der Waals surface area contributed by atoms with Crippen LogP contribution >= 0.6 is 0 Å². The summed E-state index contributed by atoms with van der Waals surface area (Å²) in [6.07, 6.45) is 0. The van der Waals surface area contributed by atoms with Gasteiger partial charge in [-0.3, -0.25) is 0 Å². The van der Waals surface area contributed by atoms with Crippen LogP contribution in [0.1, 0.15) is 27.0 Å². The molecule has 174 valence electrons. The van der Waals surface area contributed by atoms with E-state index in [-0.39, 0.29) is 5.97 Å². The Hall–Kier alpha value is -4.77. The highest BCUT2D eigenvalue weighted by molar-refractivity contribution is 6.00. The van der Waals surface area contributed by atoms with Crippen molar-refractivity contribution in [1.29, 1.82) is 0 Å². The number of ether oxygens (including phenoxy) is 3. The van der Waals surface area contributed by atoms with Crippen molar-refractivity contribution < 1.29 is 19.0 Å². The third-order valence-corrected chi connectivity index (χ3v) is 6.97. The SMILES string of the molecule is COc1ccc(Nc2ccc3c(c2)Oc2ccc4ccccc4c2C32OC(=O)c3ccccc32)cc1. The summed E-state index contributed by atoms with van der Waals surface area (Å²) >= 11 is 0. The molecule has 2 aliphatic rings. The molecule has 2 heterocycles. The molecule has 1 atom stereocenters. The number of anilines is 2. The van der Waals surface area contributed by atoms with Gasteiger partial charge in [0.15, 0.2) is 5.60 Å². The number of esters is 1. The lowest BCUT2D eigenvalue weighted by Crippen LogP contribution is -2.33. The maximum Gasteiger partial charge on any atom is 0.340 e. The quantitative estimate of drug-likeness (QED) is 0.283. The zero-order valence-electron chi connectivity index (χ0n) is 19.4. The average Bonchev–Trinajstić information content (AvgIpc) is 3.21. The topological polar surface area (TPSA) is 56.8 Å². The van der Waals surface area contributed by atoms with E-state index in [4.69, 9.17) is 14.2 Å². The van der Waals surface area contributed by atoms with E-state index in [1.165, 1.54) is 0 Å². The number of hydrogen-bond acceptors (Lipinski definition) is 5. The first kappa shape index (κ1) is 20.6. The molecule has 36 heavy (non-hydrogen) atoms. The maximum absolute atomic E-state index is 13.2. The minimum atomic E-state index is -1.10.